The van der Waals surface area contributed by atoms with Crippen LogP contribution >= 0.6 is 0 Å². The second-order valence-electron chi connectivity index (χ2n) is 5.93. The topological polar surface area (TPSA) is 55.6 Å². The van der Waals surface area contributed by atoms with Crippen molar-refractivity contribution in [2.75, 3.05) is 5.32 Å². The average Bonchev–Trinajstić information content (AvgIpc) is 3.07. The Kier molecular flexibility index (Phi) is 4.10. The monoisotopic (exact) mass is 307 g/mol. The van der Waals surface area contributed by atoms with Gasteiger partial charge in [0.25, 0.3) is 0 Å². The SMILES string of the molecule is CC[C@](C)(Nc1ccccc1)c1nnnn1-c1ccc(C)cc1. The van der Waals surface area contributed by atoms with E-state index in [1.807, 2.05) is 42.5 Å². The third kappa shape index (κ3) is 3.08. The molecule has 0 aliphatic heterocycles. The number of hydrogen-bond donors (Lipinski definition) is 1. The predicted molar refractivity (Wildman–Crippen MR) is 91.6 cm³/mol. The highest BCUT2D eigenvalue weighted by Gasteiger charge is 2.31. The zero-order chi connectivity index (χ0) is 16.3. The summed E-state index contributed by atoms with van der Waals surface area (Å²) in [5, 5.41) is 15.9. The molecule has 0 aliphatic rings. The van der Waals surface area contributed by atoms with E-state index < -0.39 is 0 Å². The summed E-state index contributed by atoms with van der Waals surface area (Å²) in [6.45, 7) is 6.32. The van der Waals surface area contributed by atoms with Crippen molar-refractivity contribution >= 4 is 5.69 Å². The van der Waals surface area contributed by atoms with Gasteiger partial charge in [0, 0.05) is 5.69 Å². The standard InChI is InChI=1S/C18H21N5/c1-4-18(3,19-15-8-6-5-7-9-15)17-20-21-22-23(17)16-12-10-14(2)11-13-16/h5-13,19H,4H2,1-3H3/t18-/m0/s1. The number of nitrogens with zero attached hydrogens (tertiary/aromatic N) is 4. The molecule has 5 nitrogen and oxygen atoms in total. The van der Waals surface area contributed by atoms with Gasteiger partial charge in [0.05, 0.1) is 11.2 Å². The van der Waals surface area contributed by atoms with Gasteiger partial charge in [0.2, 0.25) is 0 Å². The van der Waals surface area contributed by atoms with Crippen molar-refractivity contribution in [3.8, 4) is 5.69 Å². The zero-order valence-electron chi connectivity index (χ0n) is 13.7. The Morgan fingerprint density at radius 1 is 1.04 bits per heavy atom. The maximum atomic E-state index is 4.29. The first-order valence-corrected chi connectivity index (χ1v) is 7.81. The lowest BCUT2D eigenvalue weighted by atomic mass is 9.97. The van der Waals surface area contributed by atoms with E-state index in [1.54, 1.807) is 4.68 Å². The minimum absolute atomic E-state index is 0.365. The van der Waals surface area contributed by atoms with E-state index in [0.29, 0.717) is 0 Å². The van der Waals surface area contributed by atoms with E-state index in [1.165, 1.54) is 5.56 Å². The predicted octanol–water partition coefficient (Wildman–Crippen LogP) is 3.71. The van der Waals surface area contributed by atoms with Crippen LogP contribution in [0.15, 0.2) is 54.6 Å². The van der Waals surface area contributed by atoms with E-state index in [-0.39, 0.29) is 5.54 Å². The van der Waals surface area contributed by atoms with Crippen LogP contribution in [0.4, 0.5) is 5.69 Å². The van der Waals surface area contributed by atoms with Crippen LogP contribution in [0.3, 0.4) is 0 Å². The van der Waals surface area contributed by atoms with Crippen molar-refractivity contribution in [2.45, 2.75) is 32.7 Å². The van der Waals surface area contributed by atoms with E-state index in [4.69, 9.17) is 0 Å². The quantitative estimate of drug-likeness (QED) is 0.780. The summed E-state index contributed by atoms with van der Waals surface area (Å²) < 4.78 is 1.80. The number of para-hydroxylation sites is 1. The van der Waals surface area contributed by atoms with Gasteiger partial charge in [-0.15, -0.1) is 5.10 Å². The van der Waals surface area contributed by atoms with Gasteiger partial charge in [-0.05, 0) is 55.0 Å². The lowest BCUT2D eigenvalue weighted by Crippen LogP contribution is -2.34. The zero-order valence-corrected chi connectivity index (χ0v) is 13.7. The molecule has 1 atom stereocenters. The second-order valence-corrected chi connectivity index (χ2v) is 5.93. The molecule has 2 aromatic carbocycles. The van der Waals surface area contributed by atoms with E-state index in [9.17, 15) is 0 Å². The van der Waals surface area contributed by atoms with Crippen LogP contribution in [0.1, 0.15) is 31.7 Å². The highest BCUT2D eigenvalue weighted by molar-refractivity contribution is 5.46. The van der Waals surface area contributed by atoms with Gasteiger partial charge in [0.1, 0.15) is 0 Å². The fourth-order valence-electron chi connectivity index (χ4n) is 2.53. The number of aromatic nitrogens is 4. The normalized spacial score (nSPS) is 13.5. The van der Waals surface area contributed by atoms with Crippen molar-refractivity contribution in [3.05, 3.63) is 66.0 Å². The van der Waals surface area contributed by atoms with E-state index >= 15 is 0 Å². The van der Waals surface area contributed by atoms with E-state index in [0.717, 1.165) is 23.6 Å². The lowest BCUT2D eigenvalue weighted by Gasteiger charge is -2.29. The maximum absolute atomic E-state index is 4.29. The summed E-state index contributed by atoms with van der Waals surface area (Å²) in [5.41, 5.74) is 2.86. The molecule has 0 radical (unpaired) electrons. The molecule has 0 saturated heterocycles. The summed E-state index contributed by atoms with van der Waals surface area (Å²) in [5.74, 6) is 0.799. The first-order valence-electron chi connectivity index (χ1n) is 7.81. The van der Waals surface area contributed by atoms with Crippen LogP contribution in [0.2, 0.25) is 0 Å². The summed E-state index contributed by atoms with van der Waals surface area (Å²) in [7, 11) is 0. The minimum atomic E-state index is -0.365. The molecule has 1 N–H and O–H groups in total. The van der Waals surface area contributed by atoms with Crippen LogP contribution in [0, 0.1) is 6.92 Å². The first kappa shape index (κ1) is 15.2. The molecular weight excluding hydrogens is 286 g/mol. The fourth-order valence-corrected chi connectivity index (χ4v) is 2.53. The Morgan fingerprint density at radius 2 is 1.74 bits per heavy atom. The Balaban J connectivity index is 1.99. The molecule has 1 heterocycles. The van der Waals surface area contributed by atoms with Gasteiger partial charge in [-0.2, -0.15) is 4.68 Å². The van der Waals surface area contributed by atoms with Crippen LogP contribution in [0.5, 0.6) is 0 Å². The minimum Gasteiger partial charge on any atom is -0.373 e. The molecule has 1 aromatic heterocycles. The highest BCUT2D eigenvalue weighted by atomic mass is 15.6. The fraction of sp³-hybridized carbons (Fsp3) is 0.278. The number of nitrogens with one attached hydrogen (secondary N) is 1. The molecule has 0 spiro atoms. The van der Waals surface area contributed by atoms with Crippen molar-refractivity contribution in [3.63, 3.8) is 0 Å². The highest BCUT2D eigenvalue weighted by Crippen LogP contribution is 2.28. The Bertz CT molecular complexity index is 764. The third-order valence-electron chi connectivity index (χ3n) is 4.14. The second kappa shape index (κ2) is 6.20. The smallest absolute Gasteiger partial charge is 0.181 e. The Hall–Kier alpha value is -2.69. The first-order chi connectivity index (χ1) is 11.1. The van der Waals surface area contributed by atoms with Gasteiger partial charge in [-0.1, -0.05) is 42.8 Å². The molecule has 5 heteroatoms. The maximum Gasteiger partial charge on any atom is 0.181 e. The molecule has 0 bridgehead atoms. The van der Waals surface area contributed by atoms with Gasteiger partial charge in [-0.25, -0.2) is 0 Å². The molecular formula is C18H21N5. The van der Waals surface area contributed by atoms with Crippen LogP contribution < -0.4 is 5.32 Å². The summed E-state index contributed by atoms with van der Waals surface area (Å²) in [6, 6.07) is 18.3. The molecule has 3 rings (SSSR count). The Morgan fingerprint density at radius 3 is 2.39 bits per heavy atom. The van der Waals surface area contributed by atoms with Crippen LogP contribution in [-0.4, -0.2) is 20.2 Å². The molecule has 0 saturated carbocycles. The summed E-state index contributed by atoms with van der Waals surface area (Å²) in [6.07, 6.45) is 0.855. The molecule has 0 fully saturated rings. The van der Waals surface area contributed by atoms with E-state index in [2.05, 4.69) is 53.7 Å². The molecule has 0 aliphatic carbocycles. The molecule has 0 unspecified atom stereocenters. The number of anilines is 1. The number of hydrogen-bond acceptors (Lipinski definition) is 4. The van der Waals surface area contributed by atoms with Gasteiger partial charge >= 0.3 is 0 Å². The van der Waals surface area contributed by atoms with Gasteiger partial charge in [0.15, 0.2) is 5.82 Å². The number of benzene rings is 2. The van der Waals surface area contributed by atoms with Crippen LogP contribution in [0.25, 0.3) is 5.69 Å². The molecule has 23 heavy (non-hydrogen) atoms. The van der Waals surface area contributed by atoms with Crippen molar-refractivity contribution < 1.29 is 0 Å². The average molecular weight is 307 g/mol. The third-order valence-corrected chi connectivity index (χ3v) is 4.14. The van der Waals surface area contributed by atoms with Crippen LogP contribution in [-0.2, 0) is 5.54 Å². The number of rotatable bonds is 5. The van der Waals surface area contributed by atoms with Crippen molar-refractivity contribution in [1.29, 1.82) is 0 Å². The van der Waals surface area contributed by atoms with Gasteiger partial charge < -0.3 is 5.32 Å². The Labute approximate surface area is 136 Å². The van der Waals surface area contributed by atoms with Crippen molar-refractivity contribution in [1.82, 2.24) is 20.2 Å². The number of aryl methyl sites for hydroxylation is 1. The van der Waals surface area contributed by atoms with Crippen molar-refractivity contribution in [2.24, 2.45) is 0 Å². The van der Waals surface area contributed by atoms with Gasteiger partial charge in [-0.3, -0.25) is 0 Å². The largest absolute Gasteiger partial charge is 0.373 e. The molecule has 0 amide bonds. The summed E-state index contributed by atoms with van der Waals surface area (Å²) >= 11 is 0. The molecule has 3 aromatic rings. The molecule has 118 valence electrons. The summed E-state index contributed by atoms with van der Waals surface area (Å²) in [4.78, 5) is 0. The lowest BCUT2D eigenvalue weighted by molar-refractivity contribution is 0.474. The number of tetrazole rings is 1.